The van der Waals surface area contributed by atoms with Gasteiger partial charge in [0.15, 0.2) is 5.78 Å². The first kappa shape index (κ1) is 14.6. The van der Waals surface area contributed by atoms with Crippen molar-refractivity contribution in [3.05, 3.63) is 29.3 Å². The van der Waals surface area contributed by atoms with Crippen LogP contribution in [0.15, 0.2) is 18.2 Å². The third-order valence-electron chi connectivity index (χ3n) is 2.27. The van der Waals surface area contributed by atoms with Crippen LogP contribution in [-0.4, -0.2) is 25.4 Å². The van der Waals surface area contributed by atoms with Gasteiger partial charge in [-0.2, -0.15) is 0 Å². The van der Waals surface area contributed by atoms with E-state index in [-0.39, 0.29) is 12.4 Å². The summed E-state index contributed by atoms with van der Waals surface area (Å²) in [6.07, 6.45) is -2.50. The number of alkyl halides is 2. The van der Waals surface area contributed by atoms with E-state index in [2.05, 4.69) is 0 Å². The third-order valence-corrected chi connectivity index (χ3v) is 2.27. The summed E-state index contributed by atoms with van der Waals surface area (Å²) in [6.45, 7) is 3.10. The van der Waals surface area contributed by atoms with E-state index in [1.807, 2.05) is 6.92 Å². The minimum absolute atomic E-state index is 0.000787. The first-order valence-corrected chi connectivity index (χ1v) is 5.67. The van der Waals surface area contributed by atoms with Gasteiger partial charge in [0.1, 0.15) is 12.4 Å². The molecule has 1 aromatic carbocycles. The number of ketones is 1. The van der Waals surface area contributed by atoms with E-state index in [4.69, 9.17) is 9.47 Å². The fourth-order valence-electron chi connectivity index (χ4n) is 1.47. The van der Waals surface area contributed by atoms with E-state index in [1.54, 1.807) is 18.2 Å². The molecular weight excluding hydrogens is 242 g/mol. The van der Waals surface area contributed by atoms with Crippen LogP contribution in [0.25, 0.3) is 0 Å². The van der Waals surface area contributed by atoms with Gasteiger partial charge >= 0.3 is 0 Å². The summed E-state index contributed by atoms with van der Waals surface area (Å²) < 4.78 is 34.2. The van der Waals surface area contributed by atoms with Crippen LogP contribution >= 0.6 is 0 Å². The second-order valence-electron chi connectivity index (χ2n) is 3.72. The lowest BCUT2D eigenvalue weighted by atomic mass is 10.1. The Kier molecular flexibility index (Phi) is 5.71. The summed E-state index contributed by atoms with van der Waals surface area (Å²) in [4.78, 5) is 11.2. The molecule has 0 saturated heterocycles. The summed E-state index contributed by atoms with van der Waals surface area (Å²) >= 11 is 0. The SMILES string of the molecule is CCOc1ccc(C(C)=O)cc1COCC(F)F. The van der Waals surface area contributed by atoms with Crippen molar-refractivity contribution in [2.24, 2.45) is 0 Å². The Balaban J connectivity index is 2.82. The quantitative estimate of drug-likeness (QED) is 0.705. The van der Waals surface area contributed by atoms with Crippen LogP contribution in [0, 0.1) is 0 Å². The maximum atomic E-state index is 12.0. The van der Waals surface area contributed by atoms with Gasteiger partial charge in [-0.05, 0) is 32.0 Å². The monoisotopic (exact) mass is 258 g/mol. The minimum Gasteiger partial charge on any atom is -0.494 e. The van der Waals surface area contributed by atoms with Crippen molar-refractivity contribution >= 4 is 5.78 Å². The van der Waals surface area contributed by atoms with Crippen LogP contribution in [0.1, 0.15) is 29.8 Å². The number of rotatable bonds is 7. The van der Waals surface area contributed by atoms with Gasteiger partial charge in [0, 0.05) is 11.1 Å². The predicted molar refractivity (Wildman–Crippen MR) is 63.3 cm³/mol. The average Bonchev–Trinajstić information content (AvgIpc) is 2.30. The average molecular weight is 258 g/mol. The lowest BCUT2D eigenvalue weighted by Crippen LogP contribution is -2.06. The molecule has 0 heterocycles. The van der Waals surface area contributed by atoms with E-state index >= 15 is 0 Å². The molecule has 1 aromatic rings. The first-order valence-electron chi connectivity index (χ1n) is 5.67. The van der Waals surface area contributed by atoms with Gasteiger partial charge in [-0.15, -0.1) is 0 Å². The summed E-state index contributed by atoms with van der Waals surface area (Å²) in [5.74, 6) is 0.463. The summed E-state index contributed by atoms with van der Waals surface area (Å²) in [7, 11) is 0. The summed E-state index contributed by atoms with van der Waals surface area (Å²) in [5, 5.41) is 0. The highest BCUT2D eigenvalue weighted by atomic mass is 19.3. The maximum absolute atomic E-state index is 12.0. The lowest BCUT2D eigenvalue weighted by Gasteiger charge is -2.11. The minimum atomic E-state index is -2.50. The van der Waals surface area contributed by atoms with E-state index < -0.39 is 13.0 Å². The number of hydrogen-bond acceptors (Lipinski definition) is 3. The van der Waals surface area contributed by atoms with Gasteiger partial charge in [0.05, 0.1) is 13.2 Å². The number of carbonyl (C=O) groups is 1. The molecule has 0 N–H and O–H groups in total. The number of carbonyl (C=O) groups excluding carboxylic acids is 1. The molecule has 0 aliphatic rings. The molecule has 0 saturated carbocycles. The fraction of sp³-hybridized carbons (Fsp3) is 0.462. The molecule has 18 heavy (non-hydrogen) atoms. The molecule has 0 atom stereocenters. The van der Waals surface area contributed by atoms with Crippen molar-refractivity contribution < 1.29 is 23.0 Å². The maximum Gasteiger partial charge on any atom is 0.261 e. The zero-order valence-corrected chi connectivity index (χ0v) is 10.4. The molecule has 0 spiro atoms. The number of benzene rings is 1. The van der Waals surface area contributed by atoms with E-state index in [1.165, 1.54) is 6.92 Å². The smallest absolute Gasteiger partial charge is 0.261 e. The van der Waals surface area contributed by atoms with Crippen molar-refractivity contribution in [2.75, 3.05) is 13.2 Å². The molecule has 0 fully saturated rings. The Bertz CT molecular complexity index is 405. The van der Waals surface area contributed by atoms with Crippen molar-refractivity contribution in [3.8, 4) is 5.75 Å². The second kappa shape index (κ2) is 7.06. The highest BCUT2D eigenvalue weighted by molar-refractivity contribution is 5.94. The van der Waals surface area contributed by atoms with Crippen LogP contribution in [-0.2, 0) is 11.3 Å². The molecule has 0 aliphatic carbocycles. The molecule has 100 valence electrons. The molecule has 0 unspecified atom stereocenters. The number of ether oxygens (including phenoxy) is 2. The highest BCUT2D eigenvalue weighted by Crippen LogP contribution is 2.21. The Hall–Kier alpha value is -1.49. The van der Waals surface area contributed by atoms with Crippen molar-refractivity contribution in [1.29, 1.82) is 0 Å². The van der Waals surface area contributed by atoms with Crippen molar-refractivity contribution in [3.63, 3.8) is 0 Å². The Morgan fingerprint density at radius 3 is 2.67 bits per heavy atom. The van der Waals surface area contributed by atoms with Crippen LogP contribution in [0.3, 0.4) is 0 Å². The Morgan fingerprint density at radius 1 is 1.39 bits per heavy atom. The molecule has 0 bridgehead atoms. The topological polar surface area (TPSA) is 35.5 Å². The standard InChI is InChI=1S/C13H16F2O3/c1-3-18-12-5-4-10(9(2)16)6-11(12)7-17-8-13(14)15/h4-6,13H,3,7-8H2,1-2H3. The molecule has 3 nitrogen and oxygen atoms in total. The molecule has 0 amide bonds. The third kappa shape index (κ3) is 4.41. The summed E-state index contributed by atoms with van der Waals surface area (Å²) in [5.41, 5.74) is 1.11. The van der Waals surface area contributed by atoms with Gasteiger partial charge in [0.2, 0.25) is 0 Å². The highest BCUT2D eigenvalue weighted by Gasteiger charge is 2.09. The number of halogens is 2. The van der Waals surface area contributed by atoms with Gasteiger partial charge in [-0.3, -0.25) is 4.79 Å². The van der Waals surface area contributed by atoms with Crippen LogP contribution in [0.5, 0.6) is 5.75 Å². The molecule has 0 radical (unpaired) electrons. The van der Waals surface area contributed by atoms with Crippen LogP contribution in [0.2, 0.25) is 0 Å². The number of hydrogen-bond donors (Lipinski definition) is 0. The van der Waals surface area contributed by atoms with E-state index in [0.717, 1.165) is 0 Å². The van der Waals surface area contributed by atoms with Crippen molar-refractivity contribution in [2.45, 2.75) is 26.9 Å². The molecule has 0 aliphatic heterocycles. The molecular formula is C13H16F2O3. The van der Waals surface area contributed by atoms with E-state index in [9.17, 15) is 13.6 Å². The Morgan fingerprint density at radius 2 is 2.11 bits per heavy atom. The zero-order chi connectivity index (χ0) is 13.5. The van der Waals surface area contributed by atoms with E-state index in [0.29, 0.717) is 23.5 Å². The zero-order valence-electron chi connectivity index (χ0n) is 10.4. The second-order valence-corrected chi connectivity index (χ2v) is 3.72. The molecule has 1 rings (SSSR count). The van der Waals surface area contributed by atoms with Crippen LogP contribution < -0.4 is 4.74 Å². The van der Waals surface area contributed by atoms with Gasteiger partial charge in [0.25, 0.3) is 6.43 Å². The Labute approximate surface area is 105 Å². The predicted octanol–water partition coefficient (Wildman–Crippen LogP) is 3.07. The van der Waals surface area contributed by atoms with Gasteiger partial charge < -0.3 is 9.47 Å². The normalized spacial score (nSPS) is 10.7. The molecule has 5 heteroatoms. The number of Topliss-reactive ketones (excluding diaryl/α,β-unsaturated/α-hetero) is 1. The molecule has 0 aromatic heterocycles. The van der Waals surface area contributed by atoms with Gasteiger partial charge in [-0.1, -0.05) is 0 Å². The van der Waals surface area contributed by atoms with Gasteiger partial charge in [-0.25, -0.2) is 8.78 Å². The summed E-state index contributed by atoms with van der Waals surface area (Å²) in [6, 6.07) is 4.91. The largest absolute Gasteiger partial charge is 0.494 e. The lowest BCUT2D eigenvalue weighted by molar-refractivity contribution is 0.00919. The van der Waals surface area contributed by atoms with Crippen LogP contribution in [0.4, 0.5) is 8.78 Å². The fourth-order valence-corrected chi connectivity index (χ4v) is 1.47. The van der Waals surface area contributed by atoms with Crippen molar-refractivity contribution in [1.82, 2.24) is 0 Å². The first-order chi connectivity index (χ1) is 8.54.